The van der Waals surface area contributed by atoms with Crippen molar-refractivity contribution in [2.24, 2.45) is 0 Å². The topological polar surface area (TPSA) is 38.7 Å². The zero-order valence-electron chi connectivity index (χ0n) is 10.6. The number of rotatable bonds is 4. The van der Waals surface area contributed by atoms with Crippen LogP contribution in [0.4, 0.5) is 11.4 Å². The highest BCUT2D eigenvalue weighted by Crippen LogP contribution is 2.31. The second kappa shape index (κ2) is 5.38. The molecule has 0 fully saturated rings. The Morgan fingerprint density at radius 3 is 2.65 bits per heavy atom. The first-order valence-electron chi connectivity index (χ1n) is 6.09. The SMILES string of the molecule is CNC(CO)CN1CCN(C)c2ccccc21. The van der Waals surface area contributed by atoms with Gasteiger partial charge in [0, 0.05) is 32.7 Å². The van der Waals surface area contributed by atoms with Crippen molar-refractivity contribution in [3.05, 3.63) is 24.3 Å². The van der Waals surface area contributed by atoms with Crippen molar-refractivity contribution in [2.45, 2.75) is 6.04 Å². The summed E-state index contributed by atoms with van der Waals surface area (Å²) in [7, 11) is 4.01. The maximum atomic E-state index is 9.26. The summed E-state index contributed by atoms with van der Waals surface area (Å²) < 4.78 is 0. The number of nitrogens with zero attached hydrogens (tertiary/aromatic N) is 2. The van der Waals surface area contributed by atoms with Gasteiger partial charge in [0.2, 0.25) is 0 Å². The average molecular weight is 235 g/mol. The van der Waals surface area contributed by atoms with E-state index in [1.807, 2.05) is 7.05 Å². The van der Waals surface area contributed by atoms with E-state index in [0.717, 1.165) is 19.6 Å². The van der Waals surface area contributed by atoms with Crippen LogP contribution in [0.5, 0.6) is 0 Å². The van der Waals surface area contributed by atoms with Crippen molar-refractivity contribution in [3.63, 3.8) is 0 Å². The van der Waals surface area contributed by atoms with E-state index >= 15 is 0 Å². The molecule has 0 aromatic heterocycles. The van der Waals surface area contributed by atoms with Gasteiger partial charge < -0.3 is 20.2 Å². The molecule has 0 saturated carbocycles. The van der Waals surface area contributed by atoms with Crippen molar-refractivity contribution in [1.29, 1.82) is 0 Å². The first kappa shape index (κ1) is 12.2. The third kappa shape index (κ3) is 2.53. The van der Waals surface area contributed by atoms with Gasteiger partial charge in [0.15, 0.2) is 0 Å². The molecule has 1 atom stereocenters. The molecule has 0 aliphatic carbocycles. The number of hydrogen-bond donors (Lipinski definition) is 2. The summed E-state index contributed by atoms with van der Waals surface area (Å²) in [6.07, 6.45) is 0. The van der Waals surface area contributed by atoms with E-state index in [9.17, 15) is 5.11 Å². The number of aliphatic hydroxyl groups is 1. The van der Waals surface area contributed by atoms with E-state index in [1.54, 1.807) is 0 Å². The second-order valence-electron chi connectivity index (χ2n) is 4.52. The standard InChI is InChI=1S/C13H21N3O/c1-14-11(10-17)9-16-8-7-15(2)12-5-3-4-6-13(12)16/h3-6,11,14,17H,7-10H2,1-2H3. The molecule has 0 spiro atoms. The lowest BCUT2D eigenvalue weighted by atomic mass is 10.1. The van der Waals surface area contributed by atoms with Gasteiger partial charge in [-0.2, -0.15) is 0 Å². The fraction of sp³-hybridized carbons (Fsp3) is 0.538. The molecule has 4 heteroatoms. The van der Waals surface area contributed by atoms with Crippen LogP contribution in [-0.4, -0.2) is 51.5 Å². The number of hydrogen-bond acceptors (Lipinski definition) is 4. The molecule has 0 bridgehead atoms. The smallest absolute Gasteiger partial charge is 0.0605 e. The van der Waals surface area contributed by atoms with Gasteiger partial charge in [0.25, 0.3) is 0 Å². The van der Waals surface area contributed by atoms with E-state index in [-0.39, 0.29) is 12.6 Å². The van der Waals surface area contributed by atoms with Crippen LogP contribution in [-0.2, 0) is 0 Å². The van der Waals surface area contributed by atoms with Gasteiger partial charge in [-0.05, 0) is 19.2 Å². The average Bonchev–Trinajstić information content (AvgIpc) is 2.38. The van der Waals surface area contributed by atoms with Crippen molar-refractivity contribution in [1.82, 2.24) is 5.32 Å². The van der Waals surface area contributed by atoms with Crippen LogP contribution in [0.2, 0.25) is 0 Å². The van der Waals surface area contributed by atoms with Gasteiger partial charge in [0.1, 0.15) is 0 Å². The van der Waals surface area contributed by atoms with E-state index in [0.29, 0.717) is 0 Å². The highest BCUT2D eigenvalue weighted by molar-refractivity contribution is 5.73. The third-order valence-electron chi connectivity index (χ3n) is 3.41. The van der Waals surface area contributed by atoms with Crippen LogP contribution < -0.4 is 15.1 Å². The van der Waals surface area contributed by atoms with Crippen molar-refractivity contribution >= 4 is 11.4 Å². The summed E-state index contributed by atoms with van der Waals surface area (Å²) in [5.41, 5.74) is 2.53. The van der Waals surface area contributed by atoms with Crippen LogP contribution in [0.15, 0.2) is 24.3 Å². The number of para-hydroxylation sites is 2. The monoisotopic (exact) mass is 235 g/mol. The molecule has 2 rings (SSSR count). The van der Waals surface area contributed by atoms with Gasteiger partial charge in [-0.25, -0.2) is 0 Å². The molecular weight excluding hydrogens is 214 g/mol. The number of fused-ring (bicyclic) bond motifs is 1. The molecule has 1 aliphatic heterocycles. The summed E-state index contributed by atoms with van der Waals surface area (Å²) in [5, 5.41) is 12.4. The van der Waals surface area contributed by atoms with Crippen LogP contribution in [0.1, 0.15) is 0 Å². The van der Waals surface area contributed by atoms with E-state index in [2.05, 4.69) is 46.4 Å². The fourth-order valence-corrected chi connectivity index (χ4v) is 2.26. The number of nitrogens with one attached hydrogen (secondary N) is 1. The van der Waals surface area contributed by atoms with Crippen LogP contribution >= 0.6 is 0 Å². The maximum absolute atomic E-state index is 9.26. The molecule has 0 amide bonds. The minimum Gasteiger partial charge on any atom is -0.395 e. The van der Waals surface area contributed by atoms with Gasteiger partial charge in [-0.15, -0.1) is 0 Å². The van der Waals surface area contributed by atoms with Crippen molar-refractivity contribution in [3.8, 4) is 0 Å². The van der Waals surface area contributed by atoms with Crippen molar-refractivity contribution < 1.29 is 5.11 Å². The Kier molecular flexibility index (Phi) is 3.86. The lowest BCUT2D eigenvalue weighted by Crippen LogP contribution is -2.47. The van der Waals surface area contributed by atoms with Gasteiger partial charge in [-0.3, -0.25) is 0 Å². The lowest BCUT2D eigenvalue weighted by Gasteiger charge is -2.38. The van der Waals surface area contributed by atoms with Gasteiger partial charge in [-0.1, -0.05) is 12.1 Å². The zero-order valence-corrected chi connectivity index (χ0v) is 10.6. The van der Waals surface area contributed by atoms with Gasteiger partial charge in [0.05, 0.1) is 18.0 Å². The first-order valence-corrected chi connectivity index (χ1v) is 6.09. The number of likely N-dealkylation sites (N-methyl/N-ethyl adjacent to an activating group) is 2. The largest absolute Gasteiger partial charge is 0.395 e. The molecule has 4 nitrogen and oxygen atoms in total. The summed E-state index contributed by atoms with van der Waals surface area (Å²) in [6.45, 7) is 3.05. The van der Waals surface area contributed by atoms with Crippen molar-refractivity contribution in [2.75, 3.05) is 50.1 Å². The van der Waals surface area contributed by atoms with Crippen LogP contribution in [0, 0.1) is 0 Å². The second-order valence-corrected chi connectivity index (χ2v) is 4.52. The summed E-state index contributed by atoms with van der Waals surface area (Å²) in [6, 6.07) is 8.56. The summed E-state index contributed by atoms with van der Waals surface area (Å²) in [4.78, 5) is 4.62. The summed E-state index contributed by atoms with van der Waals surface area (Å²) >= 11 is 0. The lowest BCUT2D eigenvalue weighted by molar-refractivity contribution is 0.250. The molecule has 0 radical (unpaired) electrons. The highest BCUT2D eigenvalue weighted by atomic mass is 16.3. The Labute approximate surface area is 103 Å². The molecule has 1 aliphatic rings. The minimum atomic E-state index is 0.131. The fourth-order valence-electron chi connectivity index (χ4n) is 2.26. The van der Waals surface area contributed by atoms with E-state index in [4.69, 9.17) is 0 Å². The molecule has 1 unspecified atom stereocenters. The van der Waals surface area contributed by atoms with Crippen LogP contribution in [0.25, 0.3) is 0 Å². The van der Waals surface area contributed by atoms with Gasteiger partial charge >= 0.3 is 0 Å². The number of benzene rings is 1. The minimum absolute atomic E-state index is 0.131. The molecule has 0 saturated heterocycles. The molecule has 1 heterocycles. The van der Waals surface area contributed by atoms with E-state index in [1.165, 1.54) is 11.4 Å². The quantitative estimate of drug-likeness (QED) is 0.798. The Morgan fingerprint density at radius 2 is 2.00 bits per heavy atom. The highest BCUT2D eigenvalue weighted by Gasteiger charge is 2.21. The normalized spacial score (nSPS) is 16.9. The molecule has 94 valence electrons. The predicted octanol–water partition coefficient (Wildman–Crippen LogP) is 0.523. The number of anilines is 2. The first-order chi connectivity index (χ1) is 8.26. The van der Waals surface area contributed by atoms with E-state index < -0.39 is 0 Å². The summed E-state index contributed by atoms with van der Waals surface area (Å²) in [5.74, 6) is 0. The Morgan fingerprint density at radius 1 is 1.29 bits per heavy atom. The van der Waals surface area contributed by atoms with Crippen LogP contribution in [0.3, 0.4) is 0 Å². The molecule has 2 N–H and O–H groups in total. The molecule has 17 heavy (non-hydrogen) atoms. The Hall–Kier alpha value is -1.26. The molecular formula is C13H21N3O. The maximum Gasteiger partial charge on any atom is 0.0605 e. The Balaban J connectivity index is 2.18. The molecule has 1 aromatic carbocycles. The molecule has 1 aromatic rings. The predicted molar refractivity (Wildman–Crippen MR) is 71.9 cm³/mol. The third-order valence-corrected chi connectivity index (χ3v) is 3.41. The Bertz CT molecular complexity index is 365. The number of aliphatic hydroxyl groups excluding tert-OH is 1. The zero-order chi connectivity index (χ0) is 12.3.